The van der Waals surface area contributed by atoms with Gasteiger partial charge in [-0.1, -0.05) is 37.3 Å². The zero-order chi connectivity index (χ0) is 16.3. The van der Waals surface area contributed by atoms with E-state index in [-0.39, 0.29) is 11.5 Å². The fourth-order valence-electron chi connectivity index (χ4n) is 4.04. The largest absolute Gasteiger partial charge is 0.392 e. The van der Waals surface area contributed by atoms with E-state index in [9.17, 15) is 5.11 Å². The van der Waals surface area contributed by atoms with Gasteiger partial charge in [0.05, 0.1) is 6.10 Å². The molecule has 1 heterocycles. The number of hydrogen-bond acceptors (Lipinski definition) is 2. The zero-order valence-electron chi connectivity index (χ0n) is 13.9. The summed E-state index contributed by atoms with van der Waals surface area (Å²) in [5.41, 5.74) is 2.53. The average Bonchev–Trinajstić information content (AvgIpc) is 2.91. The molecule has 2 aliphatic rings. The van der Waals surface area contributed by atoms with E-state index in [2.05, 4.69) is 37.6 Å². The molecule has 1 saturated carbocycles. The van der Waals surface area contributed by atoms with Gasteiger partial charge < -0.3 is 5.11 Å². The quantitative estimate of drug-likeness (QED) is 0.589. The molecule has 2 fully saturated rings. The maximum absolute atomic E-state index is 9.66. The van der Waals surface area contributed by atoms with Crippen LogP contribution in [0, 0.1) is 17.3 Å². The van der Waals surface area contributed by atoms with E-state index < -0.39 is 0 Å². The van der Waals surface area contributed by atoms with Crippen molar-refractivity contribution in [3.8, 4) is 0 Å². The van der Waals surface area contributed by atoms with Crippen molar-refractivity contribution >= 4 is 11.6 Å². The van der Waals surface area contributed by atoms with E-state index in [1.165, 1.54) is 5.57 Å². The lowest BCUT2D eigenvalue weighted by Gasteiger charge is -2.44. The maximum atomic E-state index is 9.66. The van der Waals surface area contributed by atoms with Crippen molar-refractivity contribution in [3.63, 3.8) is 0 Å². The highest BCUT2D eigenvalue weighted by atomic mass is 35.5. The number of aliphatic hydroxyl groups is 1. The topological polar surface area (TPSA) is 23.5 Å². The molecule has 4 atom stereocenters. The smallest absolute Gasteiger partial charge is 0.0679 e. The summed E-state index contributed by atoms with van der Waals surface area (Å²) in [5.74, 6) is 1.43. The highest BCUT2D eigenvalue weighted by Gasteiger charge is 2.39. The van der Waals surface area contributed by atoms with Crippen molar-refractivity contribution in [2.75, 3.05) is 25.5 Å². The van der Waals surface area contributed by atoms with E-state index in [1.54, 1.807) is 0 Å². The molecule has 0 radical (unpaired) electrons. The molecular formula is C19H30ClNO. The van der Waals surface area contributed by atoms with Crippen LogP contribution >= 0.6 is 11.6 Å². The van der Waals surface area contributed by atoms with E-state index in [0.717, 1.165) is 50.9 Å². The predicted octanol–water partition coefficient (Wildman–Crippen LogP) is 4.01. The number of nitrogens with zero attached hydrogens (tertiary/aromatic N) is 1. The lowest BCUT2D eigenvalue weighted by atomic mass is 9.61. The van der Waals surface area contributed by atoms with Gasteiger partial charge in [0.1, 0.15) is 0 Å². The molecule has 1 N–H and O–H groups in total. The minimum Gasteiger partial charge on any atom is -0.392 e. The Morgan fingerprint density at radius 3 is 2.64 bits per heavy atom. The number of likely N-dealkylation sites (tertiary alicyclic amines) is 1. The first-order chi connectivity index (χ1) is 10.4. The molecule has 0 aromatic rings. The summed E-state index contributed by atoms with van der Waals surface area (Å²) in [6.45, 7) is 17.5. The Balaban J connectivity index is 1.99. The van der Waals surface area contributed by atoms with Crippen LogP contribution in [0.1, 0.15) is 32.6 Å². The third-order valence-corrected chi connectivity index (χ3v) is 6.07. The van der Waals surface area contributed by atoms with Crippen LogP contribution < -0.4 is 0 Å². The zero-order valence-corrected chi connectivity index (χ0v) is 14.6. The first-order valence-electron chi connectivity index (χ1n) is 8.35. The van der Waals surface area contributed by atoms with E-state index >= 15 is 0 Å². The van der Waals surface area contributed by atoms with Crippen LogP contribution in [-0.4, -0.2) is 41.6 Å². The Morgan fingerprint density at radius 1 is 1.36 bits per heavy atom. The third kappa shape index (κ3) is 3.84. The SMILES string of the molecule is C=C[C@]1(C)CC[C@@H](C(=C)CN2CC[C@H](O)C2)C[C@H]1C(=C)CCl. The minimum absolute atomic E-state index is 0.104. The van der Waals surface area contributed by atoms with Gasteiger partial charge in [-0.15, -0.1) is 18.2 Å². The van der Waals surface area contributed by atoms with Gasteiger partial charge in [-0.3, -0.25) is 4.90 Å². The summed E-state index contributed by atoms with van der Waals surface area (Å²) in [6.07, 6.45) is 6.16. The van der Waals surface area contributed by atoms with Crippen LogP contribution in [0.5, 0.6) is 0 Å². The molecule has 22 heavy (non-hydrogen) atoms. The summed E-state index contributed by atoms with van der Waals surface area (Å²) in [4.78, 5) is 2.32. The van der Waals surface area contributed by atoms with Crippen molar-refractivity contribution in [3.05, 3.63) is 37.0 Å². The second-order valence-electron chi connectivity index (χ2n) is 7.36. The summed E-state index contributed by atoms with van der Waals surface area (Å²) in [7, 11) is 0. The van der Waals surface area contributed by atoms with Gasteiger partial charge in [0, 0.05) is 25.5 Å². The number of hydrogen-bond donors (Lipinski definition) is 1. The molecule has 2 rings (SSSR count). The molecule has 3 heteroatoms. The molecule has 1 aliphatic heterocycles. The number of rotatable bonds is 6. The van der Waals surface area contributed by atoms with Gasteiger partial charge in [0.25, 0.3) is 0 Å². The van der Waals surface area contributed by atoms with Crippen LogP contribution in [0.3, 0.4) is 0 Å². The van der Waals surface area contributed by atoms with Crippen molar-refractivity contribution < 1.29 is 5.11 Å². The van der Waals surface area contributed by atoms with Gasteiger partial charge in [-0.2, -0.15) is 0 Å². The molecule has 2 nitrogen and oxygen atoms in total. The molecule has 0 spiro atoms. The minimum atomic E-state index is -0.160. The Kier molecular flexibility index (Phi) is 5.93. The van der Waals surface area contributed by atoms with Crippen molar-refractivity contribution in [2.45, 2.75) is 38.7 Å². The lowest BCUT2D eigenvalue weighted by molar-refractivity contribution is 0.160. The Hall–Kier alpha value is -0.570. The highest BCUT2D eigenvalue weighted by molar-refractivity contribution is 6.19. The van der Waals surface area contributed by atoms with Crippen LogP contribution in [0.4, 0.5) is 0 Å². The summed E-state index contributed by atoms with van der Waals surface area (Å²) >= 11 is 6.06. The molecular weight excluding hydrogens is 294 g/mol. The monoisotopic (exact) mass is 323 g/mol. The number of halogens is 1. The first kappa shape index (κ1) is 17.8. The molecule has 1 saturated heterocycles. The fraction of sp³-hybridized carbons (Fsp3) is 0.684. The van der Waals surface area contributed by atoms with Crippen LogP contribution in [0.15, 0.2) is 37.0 Å². The lowest BCUT2D eigenvalue weighted by Crippen LogP contribution is -2.36. The summed E-state index contributed by atoms with van der Waals surface area (Å²) < 4.78 is 0. The summed E-state index contributed by atoms with van der Waals surface area (Å²) in [5, 5.41) is 9.66. The van der Waals surface area contributed by atoms with Crippen LogP contribution in [0.25, 0.3) is 0 Å². The van der Waals surface area contributed by atoms with Gasteiger partial charge >= 0.3 is 0 Å². The van der Waals surface area contributed by atoms with Gasteiger partial charge in [0.15, 0.2) is 0 Å². The number of allylic oxidation sites excluding steroid dienone is 2. The van der Waals surface area contributed by atoms with E-state index in [1.807, 2.05) is 0 Å². The molecule has 1 aliphatic carbocycles. The van der Waals surface area contributed by atoms with Crippen molar-refractivity contribution in [1.82, 2.24) is 4.90 Å². The number of alkyl halides is 1. The predicted molar refractivity (Wildman–Crippen MR) is 95.2 cm³/mol. The fourth-order valence-corrected chi connectivity index (χ4v) is 4.23. The average molecular weight is 324 g/mol. The third-order valence-electron chi connectivity index (χ3n) is 5.73. The van der Waals surface area contributed by atoms with Gasteiger partial charge in [-0.25, -0.2) is 0 Å². The number of β-amino-alcohol motifs (C(OH)–C–C–N with tert-alkyl or cyclic N) is 1. The second kappa shape index (κ2) is 7.33. The van der Waals surface area contributed by atoms with Crippen molar-refractivity contribution in [2.24, 2.45) is 17.3 Å². The molecule has 0 amide bonds. The highest BCUT2D eigenvalue weighted by Crippen LogP contribution is 2.49. The molecule has 0 aromatic carbocycles. The summed E-state index contributed by atoms with van der Waals surface area (Å²) in [6, 6.07) is 0. The van der Waals surface area contributed by atoms with E-state index in [4.69, 9.17) is 11.6 Å². The van der Waals surface area contributed by atoms with Crippen molar-refractivity contribution in [1.29, 1.82) is 0 Å². The second-order valence-corrected chi connectivity index (χ2v) is 7.63. The van der Waals surface area contributed by atoms with Crippen LogP contribution in [-0.2, 0) is 0 Å². The van der Waals surface area contributed by atoms with Gasteiger partial charge in [0.2, 0.25) is 0 Å². The van der Waals surface area contributed by atoms with E-state index in [0.29, 0.717) is 17.7 Å². The molecule has 124 valence electrons. The normalized spacial score (nSPS) is 36.2. The van der Waals surface area contributed by atoms with Crippen LogP contribution in [0.2, 0.25) is 0 Å². The first-order valence-corrected chi connectivity index (χ1v) is 8.88. The molecule has 0 aromatic heterocycles. The Labute approximate surface area is 140 Å². The Morgan fingerprint density at radius 2 is 2.09 bits per heavy atom. The molecule has 0 unspecified atom stereocenters. The number of aliphatic hydroxyl groups excluding tert-OH is 1. The van der Waals surface area contributed by atoms with Gasteiger partial charge in [-0.05, 0) is 42.9 Å². The molecule has 0 bridgehead atoms. The standard InChI is InChI=1S/C19H30ClNO/c1-5-19(4)8-6-16(10-18(19)14(2)11-20)15(3)12-21-9-7-17(22)13-21/h5,16-18,22H,1-3,6-13H2,4H3/t16-,17+,18+,19-/m1/s1. The maximum Gasteiger partial charge on any atom is 0.0679 e. The Bertz CT molecular complexity index is 447.